The van der Waals surface area contributed by atoms with Gasteiger partial charge in [-0.3, -0.25) is 4.79 Å². The average Bonchev–Trinajstić information content (AvgIpc) is 2.11. The molecule has 0 aromatic rings. The molecule has 0 bridgehead atoms. The molecule has 0 rings (SSSR count). The van der Waals surface area contributed by atoms with Crippen LogP contribution in [0.4, 0.5) is 0 Å². The van der Waals surface area contributed by atoms with Crippen LogP contribution in [-0.2, 0) is 24.0 Å². The van der Waals surface area contributed by atoms with Gasteiger partial charge in [-0.2, -0.15) is 5.48 Å². The Morgan fingerprint density at radius 2 is 1.92 bits per heavy atom. The Hall–Kier alpha value is -1.85. The second-order valence-electron chi connectivity index (χ2n) is 1.55. The lowest BCUT2D eigenvalue weighted by atomic mass is 10.6. The molecule has 0 atom stereocenters. The van der Waals surface area contributed by atoms with Gasteiger partial charge in [0.1, 0.15) is 0 Å². The largest absolute Gasteiger partial charge is 0.461 e. The number of carbonyl (C=O) groups excluding carboxylic acids is 3. The maximum Gasteiger partial charge on any atom is 0.441 e. The van der Waals surface area contributed by atoms with Gasteiger partial charge in [-0.05, 0) is 6.08 Å². The Kier molecular flexibility index (Phi) is 4.13. The third kappa shape index (κ3) is 3.35. The van der Waals surface area contributed by atoms with Gasteiger partial charge in [0.05, 0.1) is 7.11 Å². The fraction of sp³-hybridized carbons (Fsp3) is 0.167. The lowest BCUT2D eigenvalue weighted by Gasteiger charge is -2.00. The van der Waals surface area contributed by atoms with Crippen LogP contribution in [0.1, 0.15) is 0 Å². The van der Waals surface area contributed by atoms with E-state index in [1.54, 1.807) is 5.48 Å². The molecule has 0 heterocycles. The molecule has 0 radical (unpaired) electrons. The van der Waals surface area contributed by atoms with Gasteiger partial charge in [0.25, 0.3) is 5.91 Å². The summed E-state index contributed by atoms with van der Waals surface area (Å²) in [5, 5.41) is 0. The van der Waals surface area contributed by atoms with E-state index < -0.39 is 17.8 Å². The highest BCUT2D eigenvalue weighted by atomic mass is 16.7. The zero-order valence-electron chi connectivity index (χ0n) is 6.33. The molecular formula is C6H7NO5. The highest BCUT2D eigenvalue weighted by Gasteiger charge is 2.16. The number of rotatable bonds is 1. The van der Waals surface area contributed by atoms with Crippen molar-refractivity contribution in [2.24, 2.45) is 0 Å². The Bertz CT molecular complexity index is 222. The lowest BCUT2D eigenvalue weighted by molar-refractivity contribution is -0.172. The van der Waals surface area contributed by atoms with Gasteiger partial charge in [0, 0.05) is 0 Å². The van der Waals surface area contributed by atoms with Crippen LogP contribution >= 0.6 is 0 Å². The van der Waals surface area contributed by atoms with Crippen molar-refractivity contribution in [2.75, 3.05) is 7.11 Å². The normalized spacial score (nSPS) is 8.08. The Labute approximate surface area is 68.1 Å². The first-order valence-corrected chi connectivity index (χ1v) is 2.83. The quantitative estimate of drug-likeness (QED) is 0.236. The number of nitrogens with one attached hydrogen (secondary N) is 1. The van der Waals surface area contributed by atoms with E-state index in [1.165, 1.54) is 0 Å². The number of hydrogen-bond donors (Lipinski definition) is 1. The van der Waals surface area contributed by atoms with E-state index in [-0.39, 0.29) is 0 Å². The maximum absolute atomic E-state index is 10.4. The fourth-order valence-electron chi connectivity index (χ4n) is 0.263. The topological polar surface area (TPSA) is 81.7 Å². The molecule has 0 aliphatic rings. The third-order valence-electron chi connectivity index (χ3n) is 0.782. The van der Waals surface area contributed by atoms with Crippen LogP contribution in [0.2, 0.25) is 0 Å². The molecule has 66 valence electrons. The Balaban J connectivity index is 3.79. The highest BCUT2D eigenvalue weighted by molar-refractivity contribution is 6.29. The summed E-state index contributed by atoms with van der Waals surface area (Å²) in [6.07, 6.45) is 0.880. The number of carbonyl (C=O) groups is 3. The summed E-state index contributed by atoms with van der Waals surface area (Å²) < 4.78 is 3.99. The minimum atomic E-state index is -1.30. The van der Waals surface area contributed by atoms with Crippen molar-refractivity contribution in [3.8, 4) is 0 Å². The summed E-state index contributed by atoms with van der Waals surface area (Å²) in [6, 6.07) is 0. The van der Waals surface area contributed by atoms with Crippen molar-refractivity contribution in [3.63, 3.8) is 0 Å². The Morgan fingerprint density at radius 3 is 2.33 bits per heavy atom. The van der Waals surface area contributed by atoms with Crippen LogP contribution in [-0.4, -0.2) is 25.0 Å². The molecule has 0 aromatic carbocycles. The van der Waals surface area contributed by atoms with E-state index in [1.807, 2.05) is 0 Å². The number of methoxy groups -OCH3 is 1. The van der Waals surface area contributed by atoms with Crippen molar-refractivity contribution < 1.29 is 24.0 Å². The molecule has 1 amide bonds. The standard InChI is InChI=1S/C6H7NO5/c1-3-4(8)7-12-6(10)5(9)11-2/h3H,1H2,2H3,(H,7,8). The van der Waals surface area contributed by atoms with E-state index in [9.17, 15) is 14.4 Å². The summed E-state index contributed by atoms with van der Waals surface area (Å²) in [4.78, 5) is 35.1. The molecule has 0 saturated carbocycles. The zero-order chi connectivity index (χ0) is 9.56. The summed E-state index contributed by atoms with van der Waals surface area (Å²) in [5.74, 6) is -3.22. The summed E-state index contributed by atoms with van der Waals surface area (Å²) in [5.41, 5.74) is 1.64. The number of esters is 1. The minimum Gasteiger partial charge on any atom is -0.461 e. The zero-order valence-corrected chi connectivity index (χ0v) is 6.33. The summed E-state index contributed by atoms with van der Waals surface area (Å²) >= 11 is 0. The number of ether oxygens (including phenoxy) is 1. The molecule has 1 N–H and O–H groups in total. The molecule has 0 fully saturated rings. The molecule has 6 nitrogen and oxygen atoms in total. The van der Waals surface area contributed by atoms with Crippen molar-refractivity contribution in [1.29, 1.82) is 0 Å². The van der Waals surface area contributed by atoms with Crippen LogP contribution in [0.5, 0.6) is 0 Å². The summed E-state index contributed by atoms with van der Waals surface area (Å²) in [6.45, 7) is 3.08. The molecule has 0 saturated heterocycles. The molecule has 0 aliphatic carbocycles. The van der Waals surface area contributed by atoms with Crippen LogP contribution < -0.4 is 5.48 Å². The van der Waals surface area contributed by atoms with Crippen molar-refractivity contribution in [3.05, 3.63) is 12.7 Å². The first-order valence-electron chi connectivity index (χ1n) is 2.83. The monoisotopic (exact) mass is 173 g/mol. The van der Waals surface area contributed by atoms with E-state index in [0.29, 0.717) is 0 Å². The molecule has 0 spiro atoms. The molecule has 6 heteroatoms. The SMILES string of the molecule is C=CC(=O)NOC(=O)C(=O)OC. The van der Waals surface area contributed by atoms with Crippen molar-refractivity contribution >= 4 is 17.8 Å². The number of amides is 1. The van der Waals surface area contributed by atoms with Crippen LogP contribution in [0, 0.1) is 0 Å². The van der Waals surface area contributed by atoms with Gasteiger partial charge in [0.15, 0.2) is 0 Å². The molecule has 0 aliphatic heterocycles. The summed E-state index contributed by atoms with van der Waals surface area (Å²) in [7, 11) is 1.01. The number of hydroxylamine groups is 1. The smallest absolute Gasteiger partial charge is 0.441 e. The van der Waals surface area contributed by atoms with E-state index in [4.69, 9.17) is 0 Å². The second kappa shape index (κ2) is 4.89. The predicted octanol–water partition coefficient (Wildman–Crippen LogP) is -1.08. The Morgan fingerprint density at radius 1 is 1.33 bits per heavy atom. The molecular weight excluding hydrogens is 166 g/mol. The van der Waals surface area contributed by atoms with Crippen LogP contribution in [0.25, 0.3) is 0 Å². The third-order valence-corrected chi connectivity index (χ3v) is 0.782. The first-order chi connectivity index (χ1) is 5.61. The van der Waals surface area contributed by atoms with Crippen LogP contribution in [0.3, 0.4) is 0 Å². The van der Waals surface area contributed by atoms with Gasteiger partial charge in [-0.25, -0.2) is 9.59 Å². The van der Waals surface area contributed by atoms with E-state index >= 15 is 0 Å². The lowest BCUT2D eigenvalue weighted by Crippen LogP contribution is -2.30. The molecule has 0 aromatic heterocycles. The second-order valence-corrected chi connectivity index (χ2v) is 1.55. The molecule has 0 unspecified atom stereocenters. The van der Waals surface area contributed by atoms with Gasteiger partial charge >= 0.3 is 11.9 Å². The number of hydrogen-bond acceptors (Lipinski definition) is 5. The van der Waals surface area contributed by atoms with Crippen molar-refractivity contribution in [2.45, 2.75) is 0 Å². The molecule has 12 heavy (non-hydrogen) atoms. The van der Waals surface area contributed by atoms with Gasteiger partial charge in [-0.1, -0.05) is 6.58 Å². The van der Waals surface area contributed by atoms with Crippen molar-refractivity contribution in [1.82, 2.24) is 5.48 Å². The maximum atomic E-state index is 10.4. The highest BCUT2D eigenvalue weighted by Crippen LogP contribution is 1.78. The predicted molar refractivity (Wildman–Crippen MR) is 36.4 cm³/mol. The van der Waals surface area contributed by atoms with Gasteiger partial charge in [0.2, 0.25) is 0 Å². The first kappa shape index (κ1) is 10.2. The minimum absolute atomic E-state index is 0.729. The van der Waals surface area contributed by atoms with E-state index in [0.717, 1.165) is 13.2 Å². The van der Waals surface area contributed by atoms with Gasteiger partial charge < -0.3 is 9.57 Å². The van der Waals surface area contributed by atoms with E-state index in [2.05, 4.69) is 16.2 Å². The van der Waals surface area contributed by atoms with Gasteiger partial charge in [-0.15, -0.1) is 0 Å². The average molecular weight is 173 g/mol. The fourth-order valence-corrected chi connectivity index (χ4v) is 0.263. The van der Waals surface area contributed by atoms with Crippen LogP contribution in [0.15, 0.2) is 12.7 Å².